The van der Waals surface area contributed by atoms with Gasteiger partial charge < -0.3 is 14.2 Å². The third-order valence-electron chi connectivity index (χ3n) is 2.86. The first-order chi connectivity index (χ1) is 10.1. The number of carbonyl (C=O) groups is 1. The highest BCUT2D eigenvalue weighted by Crippen LogP contribution is 2.31. The van der Waals surface area contributed by atoms with E-state index in [2.05, 4.69) is 18.6 Å². The van der Waals surface area contributed by atoms with Gasteiger partial charge >= 0.3 is 5.97 Å². The minimum absolute atomic E-state index is 0.366. The van der Waals surface area contributed by atoms with Crippen LogP contribution in [0, 0.1) is 0 Å². The second-order valence-electron chi connectivity index (χ2n) is 4.71. The van der Waals surface area contributed by atoms with Gasteiger partial charge in [0.05, 0.1) is 20.3 Å². The Morgan fingerprint density at radius 1 is 1.10 bits per heavy atom. The van der Waals surface area contributed by atoms with Gasteiger partial charge in [0.2, 0.25) is 0 Å². The number of carbonyl (C=O) groups excluding carboxylic acids is 1. The normalized spacial score (nSPS) is 11.1. The van der Waals surface area contributed by atoms with Crippen LogP contribution < -0.4 is 9.47 Å². The summed E-state index contributed by atoms with van der Waals surface area (Å²) < 4.78 is 16.1. The van der Waals surface area contributed by atoms with Gasteiger partial charge in [0.15, 0.2) is 11.5 Å². The van der Waals surface area contributed by atoms with Gasteiger partial charge in [0.25, 0.3) is 0 Å². The number of benzene rings is 1. The highest BCUT2D eigenvalue weighted by atomic mass is 16.5. The Kier molecular flexibility index (Phi) is 7.37. The number of hydrogen-bond acceptors (Lipinski definition) is 4. The number of methoxy groups -OCH3 is 1. The number of ether oxygens (including phenoxy) is 3. The predicted octanol–water partition coefficient (Wildman–Crippen LogP) is 3.84. The summed E-state index contributed by atoms with van der Waals surface area (Å²) in [5.41, 5.74) is 1.74. The minimum Gasteiger partial charge on any atom is -0.490 e. The van der Waals surface area contributed by atoms with E-state index < -0.39 is 0 Å². The van der Waals surface area contributed by atoms with Gasteiger partial charge in [-0.05, 0) is 43.0 Å². The van der Waals surface area contributed by atoms with Crippen LogP contribution in [-0.4, -0.2) is 26.3 Å². The molecule has 0 N–H and O–H groups in total. The molecule has 0 fully saturated rings. The van der Waals surface area contributed by atoms with Crippen LogP contribution in [-0.2, 0) is 9.53 Å². The molecule has 0 spiro atoms. The highest BCUT2D eigenvalue weighted by Gasteiger charge is 2.08. The average Bonchev–Trinajstić information content (AvgIpc) is 2.50. The molecular weight excluding hydrogens is 268 g/mol. The molecule has 1 rings (SSSR count). The first kappa shape index (κ1) is 17.1. The lowest BCUT2D eigenvalue weighted by atomic mass is 10.1. The Balaban J connectivity index is 3.02. The van der Waals surface area contributed by atoms with Crippen LogP contribution >= 0.6 is 0 Å². The summed E-state index contributed by atoms with van der Waals surface area (Å²) in [7, 11) is 1.36. The van der Waals surface area contributed by atoms with E-state index in [1.54, 1.807) is 0 Å². The van der Waals surface area contributed by atoms with E-state index >= 15 is 0 Å². The van der Waals surface area contributed by atoms with Crippen molar-refractivity contribution in [2.75, 3.05) is 20.3 Å². The molecule has 0 amide bonds. The molecule has 0 bridgehead atoms. The molecular formula is C17H24O4. The van der Waals surface area contributed by atoms with Crippen molar-refractivity contribution in [2.24, 2.45) is 0 Å². The van der Waals surface area contributed by atoms with Crippen molar-refractivity contribution >= 4 is 11.5 Å². The standard InChI is InChI=1S/C17H24O4/c1-5-9-20-15-8-7-14(12-16(15)21-10-6-2)13(3)11-17(18)19-4/h7-8,11-12H,5-6,9-10H2,1-4H3/b13-11+. The predicted molar refractivity (Wildman–Crippen MR) is 83.7 cm³/mol. The minimum atomic E-state index is -0.366. The molecule has 0 atom stereocenters. The third-order valence-corrected chi connectivity index (χ3v) is 2.86. The summed E-state index contributed by atoms with van der Waals surface area (Å²) in [6.07, 6.45) is 3.33. The van der Waals surface area contributed by atoms with Gasteiger partial charge in [0.1, 0.15) is 0 Å². The van der Waals surface area contributed by atoms with E-state index in [4.69, 9.17) is 9.47 Å². The fourth-order valence-corrected chi connectivity index (χ4v) is 1.73. The molecule has 0 aliphatic carbocycles. The van der Waals surface area contributed by atoms with E-state index in [1.165, 1.54) is 13.2 Å². The van der Waals surface area contributed by atoms with Crippen LogP contribution in [0.5, 0.6) is 11.5 Å². The Bertz CT molecular complexity index is 492. The van der Waals surface area contributed by atoms with Crippen LogP contribution in [0.3, 0.4) is 0 Å². The van der Waals surface area contributed by atoms with Gasteiger partial charge in [0, 0.05) is 6.08 Å². The van der Waals surface area contributed by atoms with Crippen molar-refractivity contribution in [2.45, 2.75) is 33.6 Å². The molecule has 0 aliphatic heterocycles. The SMILES string of the molecule is CCCOc1ccc(/C(C)=C/C(=O)OC)cc1OCCC. The molecule has 21 heavy (non-hydrogen) atoms. The van der Waals surface area contributed by atoms with E-state index in [9.17, 15) is 4.79 Å². The maximum atomic E-state index is 11.3. The zero-order valence-corrected chi connectivity index (χ0v) is 13.3. The lowest BCUT2D eigenvalue weighted by Gasteiger charge is -2.13. The van der Waals surface area contributed by atoms with E-state index in [0.29, 0.717) is 19.0 Å². The molecule has 4 nitrogen and oxygen atoms in total. The molecule has 116 valence electrons. The third kappa shape index (κ3) is 5.50. The fraction of sp³-hybridized carbons (Fsp3) is 0.471. The zero-order chi connectivity index (χ0) is 15.7. The largest absolute Gasteiger partial charge is 0.490 e. The second-order valence-corrected chi connectivity index (χ2v) is 4.71. The molecule has 0 saturated heterocycles. The van der Waals surface area contributed by atoms with E-state index in [1.807, 2.05) is 25.1 Å². The number of hydrogen-bond donors (Lipinski definition) is 0. The maximum absolute atomic E-state index is 11.3. The van der Waals surface area contributed by atoms with Crippen LogP contribution in [0.15, 0.2) is 24.3 Å². The molecule has 0 saturated carbocycles. The maximum Gasteiger partial charge on any atom is 0.330 e. The summed E-state index contributed by atoms with van der Waals surface area (Å²) in [6.45, 7) is 7.26. The molecule has 0 unspecified atom stereocenters. The monoisotopic (exact) mass is 292 g/mol. The van der Waals surface area contributed by atoms with Crippen LogP contribution in [0.25, 0.3) is 5.57 Å². The second kappa shape index (κ2) is 9.06. The first-order valence-corrected chi connectivity index (χ1v) is 7.28. The molecule has 0 radical (unpaired) electrons. The van der Waals surface area contributed by atoms with Crippen LogP contribution in [0.4, 0.5) is 0 Å². The Morgan fingerprint density at radius 3 is 2.29 bits per heavy atom. The Hall–Kier alpha value is -1.97. The molecule has 4 heteroatoms. The van der Waals surface area contributed by atoms with Crippen molar-refractivity contribution in [3.8, 4) is 11.5 Å². The van der Waals surface area contributed by atoms with Gasteiger partial charge in [-0.2, -0.15) is 0 Å². The summed E-state index contributed by atoms with van der Waals surface area (Å²) in [4.78, 5) is 11.3. The Labute approximate surface area is 126 Å². The fourth-order valence-electron chi connectivity index (χ4n) is 1.73. The van der Waals surface area contributed by atoms with Crippen molar-refractivity contribution < 1.29 is 19.0 Å². The van der Waals surface area contributed by atoms with Gasteiger partial charge in [-0.3, -0.25) is 0 Å². The summed E-state index contributed by atoms with van der Waals surface area (Å²) in [6, 6.07) is 5.69. The lowest BCUT2D eigenvalue weighted by Crippen LogP contribution is -2.02. The smallest absolute Gasteiger partial charge is 0.330 e. The topological polar surface area (TPSA) is 44.8 Å². The number of allylic oxidation sites excluding steroid dienone is 1. The Morgan fingerprint density at radius 2 is 1.71 bits per heavy atom. The molecule has 0 aliphatic rings. The molecule has 0 heterocycles. The van der Waals surface area contributed by atoms with Gasteiger partial charge in [-0.1, -0.05) is 19.9 Å². The molecule has 0 aromatic heterocycles. The highest BCUT2D eigenvalue weighted by molar-refractivity contribution is 5.91. The van der Waals surface area contributed by atoms with Gasteiger partial charge in [-0.15, -0.1) is 0 Å². The first-order valence-electron chi connectivity index (χ1n) is 7.28. The lowest BCUT2D eigenvalue weighted by molar-refractivity contribution is -0.134. The van der Waals surface area contributed by atoms with E-state index in [0.717, 1.165) is 29.7 Å². The van der Waals surface area contributed by atoms with Crippen molar-refractivity contribution in [1.29, 1.82) is 0 Å². The van der Waals surface area contributed by atoms with Crippen LogP contribution in [0.2, 0.25) is 0 Å². The summed E-state index contributed by atoms with van der Waals surface area (Å²) in [5, 5.41) is 0. The average molecular weight is 292 g/mol. The van der Waals surface area contributed by atoms with Gasteiger partial charge in [-0.25, -0.2) is 4.79 Å². The summed E-state index contributed by atoms with van der Waals surface area (Å²) >= 11 is 0. The van der Waals surface area contributed by atoms with Crippen molar-refractivity contribution in [3.63, 3.8) is 0 Å². The molecule has 1 aromatic carbocycles. The van der Waals surface area contributed by atoms with Crippen LogP contribution in [0.1, 0.15) is 39.2 Å². The summed E-state index contributed by atoms with van der Waals surface area (Å²) in [5.74, 6) is 1.08. The zero-order valence-electron chi connectivity index (χ0n) is 13.3. The van der Waals surface area contributed by atoms with Crippen molar-refractivity contribution in [3.05, 3.63) is 29.8 Å². The quantitative estimate of drug-likeness (QED) is 0.539. The van der Waals surface area contributed by atoms with E-state index in [-0.39, 0.29) is 5.97 Å². The number of esters is 1. The number of rotatable bonds is 8. The molecule has 1 aromatic rings. The van der Waals surface area contributed by atoms with Crippen molar-refractivity contribution in [1.82, 2.24) is 0 Å².